The highest BCUT2D eigenvalue weighted by Gasteiger charge is 2.41. The van der Waals surface area contributed by atoms with Gasteiger partial charge < -0.3 is 20.1 Å². The monoisotopic (exact) mass is 211 g/mol. The molecule has 6 heteroatoms. The molecule has 5 nitrogen and oxygen atoms in total. The summed E-state index contributed by atoms with van der Waals surface area (Å²) in [4.78, 5) is 2.33. The van der Waals surface area contributed by atoms with Gasteiger partial charge in [0.15, 0.2) is 0 Å². The van der Waals surface area contributed by atoms with Crippen molar-refractivity contribution in [3.8, 4) is 0 Å². The van der Waals surface area contributed by atoms with Crippen LogP contribution in [0.1, 0.15) is 6.92 Å². The second-order valence-corrected chi connectivity index (χ2v) is 3.40. The molecule has 1 heterocycles. The highest BCUT2D eigenvalue weighted by molar-refractivity contribution is 6.13. The number of rotatable bonds is 2. The highest BCUT2D eigenvalue weighted by atomic mass is 35.5. The fraction of sp³-hybridized carbons (Fsp3) is 1.00. The SMILES string of the molecule is CC1OC(CO)C(O)C(O)C1NCl. The molecule has 0 radical (unpaired) electrons. The van der Waals surface area contributed by atoms with E-state index in [2.05, 4.69) is 4.84 Å². The van der Waals surface area contributed by atoms with Crippen molar-refractivity contribution in [1.29, 1.82) is 0 Å². The lowest BCUT2D eigenvalue weighted by Crippen LogP contribution is -2.60. The number of ether oxygens (including phenoxy) is 1. The van der Waals surface area contributed by atoms with E-state index in [-0.39, 0.29) is 12.7 Å². The average Bonchev–Trinajstić information content (AvgIpc) is 2.12. The lowest BCUT2D eigenvalue weighted by Gasteiger charge is -2.40. The fourth-order valence-corrected chi connectivity index (χ4v) is 1.76. The molecule has 4 N–H and O–H groups in total. The molecule has 0 aliphatic carbocycles. The van der Waals surface area contributed by atoms with Crippen LogP contribution in [-0.2, 0) is 4.74 Å². The molecule has 78 valence electrons. The van der Waals surface area contributed by atoms with Gasteiger partial charge in [0.1, 0.15) is 18.3 Å². The molecular formula is C7H14ClNO4. The Labute approximate surface area is 81.4 Å². The summed E-state index contributed by atoms with van der Waals surface area (Å²) < 4.78 is 5.21. The first-order chi connectivity index (χ1) is 6.11. The van der Waals surface area contributed by atoms with Crippen LogP contribution in [0.2, 0.25) is 0 Å². The van der Waals surface area contributed by atoms with Gasteiger partial charge in [0.05, 0.1) is 18.8 Å². The summed E-state index contributed by atoms with van der Waals surface area (Å²) in [6.45, 7) is 1.38. The third-order valence-electron chi connectivity index (χ3n) is 2.30. The maximum Gasteiger partial charge on any atom is 0.110 e. The molecule has 0 amide bonds. The zero-order valence-corrected chi connectivity index (χ0v) is 7.98. The average molecular weight is 212 g/mol. The number of nitrogens with one attached hydrogen (secondary N) is 1. The lowest BCUT2D eigenvalue weighted by atomic mass is 9.94. The van der Waals surface area contributed by atoms with Crippen molar-refractivity contribution >= 4 is 11.8 Å². The smallest absolute Gasteiger partial charge is 0.110 e. The molecule has 5 unspecified atom stereocenters. The molecule has 0 bridgehead atoms. The molecule has 0 aromatic heterocycles. The summed E-state index contributed by atoms with van der Waals surface area (Å²) in [5.74, 6) is 0. The van der Waals surface area contributed by atoms with Gasteiger partial charge in [-0.15, -0.1) is 0 Å². The van der Waals surface area contributed by atoms with E-state index in [0.29, 0.717) is 0 Å². The zero-order chi connectivity index (χ0) is 10.0. The van der Waals surface area contributed by atoms with E-state index in [1.165, 1.54) is 0 Å². The van der Waals surface area contributed by atoms with Crippen LogP contribution in [-0.4, -0.2) is 52.4 Å². The van der Waals surface area contributed by atoms with E-state index >= 15 is 0 Å². The Kier molecular flexibility index (Phi) is 3.90. The Balaban J connectivity index is 2.66. The first-order valence-electron chi connectivity index (χ1n) is 4.10. The van der Waals surface area contributed by atoms with Crippen LogP contribution >= 0.6 is 11.8 Å². The van der Waals surface area contributed by atoms with E-state index in [0.717, 1.165) is 0 Å². The molecule has 5 atom stereocenters. The number of halogens is 1. The van der Waals surface area contributed by atoms with Crippen LogP contribution in [0.15, 0.2) is 0 Å². The van der Waals surface area contributed by atoms with E-state index in [1.54, 1.807) is 6.92 Å². The molecule has 0 spiro atoms. The summed E-state index contributed by atoms with van der Waals surface area (Å²) >= 11 is 5.36. The second-order valence-electron chi connectivity index (χ2n) is 3.18. The van der Waals surface area contributed by atoms with Gasteiger partial charge in [0.2, 0.25) is 0 Å². The van der Waals surface area contributed by atoms with Crippen LogP contribution in [0, 0.1) is 0 Å². The van der Waals surface area contributed by atoms with Crippen molar-refractivity contribution in [3.05, 3.63) is 0 Å². The fourth-order valence-electron chi connectivity index (χ4n) is 1.46. The standard InChI is InChI=1S/C7H14ClNO4/c1-3-5(9-8)7(12)6(11)4(2-10)13-3/h3-7,9-12H,2H2,1H3. The van der Waals surface area contributed by atoms with E-state index < -0.39 is 24.4 Å². The van der Waals surface area contributed by atoms with Gasteiger partial charge in [-0.25, -0.2) is 4.84 Å². The van der Waals surface area contributed by atoms with E-state index in [4.69, 9.17) is 21.6 Å². The predicted octanol–water partition coefficient (Wildman–Crippen LogP) is -1.40. The minimum absolute atomic E-state index is 0.322. The number of hydrogen-bond acceptors (Lipinski definition) is 5. The van der Waals surface area contributed by atoms with Crippen LogP contribution < -0.4 is 4.84 Å². The molecular weight excluding hydrogens is 198 g/mol. The zero-order valence-electron chi connectivity index (χ0n) is 7.22. The Morgan fingerprint density at radius 2 is 2.00 bits per heavy atom. The van der Waals surface area contributed by atoms with Gasteiger partial charge in [-0.2, -0.15) is 0 Å². The molecule has 1 rings (SSSR count). The minimum atomic E-state index is -1.11. The van der Waals surface area contributed by atoms with Crippen LogP contribution in [0.25, 0.3) is 0 Å². The van der Waals surface area contributed by atoms with Gasteiger partial charge in [-0.1, -0.05) is 0 Å². The molecule has 1 aliphatic rings. The summed E-state index contributed by atoms with van der Waals surface area (Å²) in [5.41, 5.74) is 0. The van der Waals surface area contributed by atoms with E-state index in [9.17, 15) is 10.2 Å². The predicted molar refractivity (Wildman–Crippen MR) is 46.2 cm³/mol. The molecule has 0 saturated carbocycles. The van der Waals surface area contributed by atoms with Crippen molar-refractivity contribution in [2.75, 3.05) is 6.61 Å². The summed E-state index contributed by atoms with van der Waals surface area (Å²) in [7, 11) is 0. The van der Waals surface area contributed by atoms with Crippen molar-refractivity contribution in [3.63, 3.8) is 0 Å². The van der Waals surface area contributed by atoms with Gasteiger partial charge in [0, 0.05) is 0 Å². The lowest BCUT2D eigenvalue weighted by molar-refractivity contribution is -0.186. The maximum atomic E-state index is 9.52. The van der Waals surface area contributed by atoms with Crippen LogP contribution in [0.3, 0.4) is 0 Å². The van der Waals surface area contributed by atoms with Gasteiger partial charge in [-0.05, 0) is 18.7 Å². The Bertz CT molecular complexity index is 171. The third-order valence-corrected chi connectivity index (χ3v) is 2.55. The molecule has 0 aromatic rings. The highest BCUT2D eigenvalue weighted by Crippen LogP contribution is 2.20. The first kappa shape index (κ1) is 11.2. The molecule has 1 fully saturated rings. The number of aliphatic hydroxyl groups excluding tert-OH is 3. The normalized spacial score (nSPS) is 46.4. The van der Waals surface area contributed by atoms with Crippen molar-refractivity contribution in [2.24, 2.45) is 0 Å². The molecule has 1 aliphatic heterocycles. The van der Waals surface area contributed by atoms with Crippen molar-refractivity contribution in [1.82, 2.24) is 4.84 Å². The largest absolute Gasteiger partial charge is 0.394 e. The Morgan fingerprint density at radius 1 is 1.38 bits per heavy atom. The Morgan fingerprint density at radius 3 is 2.46 bits per heavy atom. The topological polar surface area (TPSA) is 82.0 Å². The molecule has 0 aromatic carbocycles. The summed E-state index contributed by atoms with van der Waals surface area (Å²) in [5, 5.41) is 27.8. The quantitative estimate of drug-likeness (QED) is 0.423. The van der Waals surface area contributed by atoms with Crippen molar-refractivity contribution in [2.45, 2.75) is 37.4 Å². The van der Waals surface area contributed by atoms with Gasteiger partial charge in [-0.3, -0.25) is 0 Å². The number of aliphatic hydroxyl groups is 3. The van der Waals surface area contributed by atoms with E-state index in [1.807, 2.05) is 0 Å². The Hall–Kier alpha value is 0.0900. The first-order valence-corrected chi connectivity index (χ1v) is 4.48. The third kappa shape index (κ3) is 2.12. The van der Waals surface area contributed by atoms with Crippen LogP contribution in [0.4, 0.5) is 0 Å². The minimum Gasteiger partial charge on any atom is -0.394 e. The molecule has 1 saturated heterocycles. The van der Waals surface area contributed by atoms with Crippen molar-refractivity contribution < 1.29 is 20.1 Å². The second kappa shape index (κ2) is 4.54. The maximum absolute atomic E-state index is 9.52. The summed E-state index contributed by atoms with van der Waals surface area (Å²) in [6, 6.07) is -0.528. The number of hydrogen-bond donors (Lipinski definition) is 4. The van der Waals surface area contributed by atoms with Gasteiger partial charge >= 0.3 is 0 Å². The van der Waals surface area contributed by atoms with Crippen LogP contribution in [0.5, 0.6) is 0 Å². The molecule has 13 heavy (non-hydrogen) atoms. The summed E-state index contributed by atoms with van der Waals surface area (Å²) in [6.07, 6.45) is -3.24. The van der Waals surface area contributed by atoms with Gasteiger partial charge in [0.25, 0.3) is 0 Å².